The third-order valence-corrected chi connectivity index (χ3v) is 7.52. The Labute approximate surface area is 143 Å². The Morgan fingerprint density at radius 1 is 1.36 bits per heavy atom. The van der Waals surface area contributed by atoms with E-state index in [1.165, 1.54) is 37.0 Å². The molecule has 0 saturated heterocycles. The lowest BCUT2D eigenvalue weighted by Crippen LogP contribution is -3.16. The average molecular weight is 386 g/mol. The van der Waals surface area contributed by atoms with Gasteiger partial charge in [-0.15, -0.1) is 0 Å². The van der Waals surface area contributed by atoms with Crippen LogP contribution in [0.5, 0.6) is 0 Å². The maximum Gasteiger partial charge on any atom is 0.284 e. The Balaban J connectivity index is 1.62. The molecular weight excluding hydrogens is 364 g/mol. The molecule has 5 nitrogen and oxygen atoms in total. The van der Waals surface area contributed by atoms with E-state index in [0.29, 0.717) is 11.3 Å². The first-order valence-corrected chi connectivity index (χ1v) is 10.2. The van der Waals surface area contributed by atoms with Crippen LogP contribution < -0.4 is 15.8 Å². The molecule has 1 aliphatic carbocycles. The molecule has 1 fully saturated rings. The molecule has 120 valence electrons. The number of nitrogens with zero attached hydrogens (tertiary/aromatic N) is 2. The minimum atomic E-state index is -0.0236. The van der Waals surface area contributed by atoms with Gasteiger partial charge in [-0.3, -0.25) is 4.79 Å². The maximum absolute atomic E-state index is 12.4. The zero-order chi connectivity index (χ0) is 15.1. The lowest BCUT2D eigenvalue weighted by Gasteiger charge is -2.35. The number of halogens is 1. The molecule has 4 rings (SSSR count). The van der Waals surface area contributed by atoms with Gasteiger partial charge in [-0.05, 0) is 25.7 Å². The Bertz CT molecular complexity index is 629. The monoisotopic (exact) mass is 385 g/mol. The van der Waals surface area contributed by atoms with E-state index in [1.807, 2.05) is 0 Å². The lowest BCUT2D eigenvalue weighted by molar-refractivity contribution is -0.938. The fraction of sp³-hybridized carbons (Fsp3) is 0.733. The van der Waals surface area contributed by atoms with Gasteiger partial charge in [0.1, 0.15) is 17.9 Å². The topological polar surface area (TPSA) is 51.4 Å². The van der Waals surface area contributed by atoms with Gasteiger partial charge in [-0.1, -0.05) is 34.1 Å². The summed E-state index contributed by atoms with van der Waals surface area (Å²) in [4.78, 5) is 18.3. The van der Waals surface area contributed by atoms with Gasteiger partial charge in [0.15, 0.2) is 11.8 Å². The molecule has 1 saturated carbocycles. The van der Waals surface area contributed by atoms with Crippen LogP contribution in [0.3, 0.4) is 0 Å². The molecule has 0 radical (unpaired) electrons. The van der Waals surface area contributed by atoms with Crippen LogP contribution in [0.25, 0.3) is 0 Å². The largest absolute Gasteiger partial charge is 0.324 e. The SMILES string of the molecule is O=c1nc2n(c3c1C[NH+](C1CCCCC1)CN3)C[C@H](CBr)S2. The summed E-state index contributed by atoms with van der Waals surface area (Å²) in [6.07, 6.45) is 6.65. The van der Waals surface area contributed by atoms with E-state index in [4.69, 9.17) is 0 Å². The molecule has 3 aliphatic rings. The molecule has 0 bridgehead atoms. The van der Waals surface area contributed by atoms with Crippen LogP contribution in [0.4, 0.5) is 5.82 Å². The molecule has 1 aromatic heterocycles. The van der Waals surface area contributed by atoms with Gasteiger partial charge in [-0.2, -0.15) is 4.98 Å². The lowest BCUT2D eigenvalue weighted by atomic mass is 9.94. The highest BCUT2D eigenvalue weighted by molar-refractivity contribution is 9.09. The molecule has 0 amide bonds. The average Bonchev–Trinajstić information content (AvgIpc) is 2.98. The van der Waals surface area contributed by atoms with E-state index in [1.54, 1.807) is 11.8 Å². The van der Waals surface area contributed by atoms with Gasteiger partial charge in [-0.25, -0.2) is 0 Å². The van der Waals surface area contributed by atoms with Crippen LogP contribution in [0.15, 0.2) is 9.95 Å². The van der Waals surface area contributed by atoms with E-state index < -0.39 is 0 Å². The first-order valence-electron chi connectivity index (χ1n) is 8.21. The van der Waals surface area contributed by atoms with Crippen molar-refractivity contribution < 1.29 is 4.90 Å². The van der Waals surface area contributed by atoms with Crippen molar-refractivity contribution in [2.45, 2.75) is 61.6 Å². The second kappa shape index (κ2) is 6.17. The van der Waals surface area contributed by atoms with Crippen LogP contribution in [-0.4, -0.2) is 32.8 Å². The predicted octanol–water partition coefficient (Wildman–Crippen LogP) is 1.21. The van der Waals surface area contributed by atoms with Gasteiger partial charge in [0.25, 0.3) is 5.56 Å². The Kier molecular flexibility index (Phi) is 4.21. The van der Waals surface area contributed by atoms with Gasteiger partial charge >= 0.3 is 0 Å². The molecule has 3 heterocycles. The summed E-state index contributed by atoms with van der Waals surface area (Å²) in [6.45, 7) is 2.71. The second-order valence-corrected chi connectivity index (χ2v) is 8.47. The Morgan fingerprint density at radius 2 is 2.18 bits per heavy atom. The minimum absolute atomic E-state index is 0.0236. The van der Waals surface area contributed by atoms with E-state index >= 15 is 0 Å². The normalized spacial score (nSPS) is 28.0. The molecule has 0 spiro atoms. The summed E-state index contributed by atoms with van der Waals surface area (Å²) >= 11 is 5.26. The van der Waals surface area contributed by atoms with Crippen LogP contribution in [0.2, 0.25) is 0 Å². The number of thioether (sulfide) groups is 1. The summed E-state index contributed by atoms with van der Waals surface area (Å²) in [5, 5.41) is 5.84. The summed E-state index contributed by atoms with van der Waals surface area (Å²) < 4.78 is 2.21. The molecule has 22 heavy (non-hydrogen) atoms. The third kappa shape index (κ3) is 2.61. The molecule has 1 unspecified atom stereocenters. The maximum atomic E-state index is 12.4. The quantitative estimate of drug-likeness (QED) is 0.593. The predicted molar refractivity (Wildman–Crippen MR) is 92.0 cm³/mol. The zero-order valence-electron chi connectivity index (χ0n) is 12.6. The Morgan fingerprint density at radius 3 is 2.95 bits per heavy atom. The zero-order valence-corrected chi connectivity index (χ0v) is 15.0. The van der Waals surface area contributed by atoms with Crippen molar-refractivity contribution in [1.82, 2.24) is 9.55 Å². The van der Waals surface area contributed by atoms with Gasteiger partial charge < -0.3 is 14.8 Å². The number of nitrogens with one attached hydrogen (secondary N) is 2. The fourth-order valence-corrected chi connectivity index (χ4v) is 5.57. The van der Waals surface area contributed by atoms with E-state index in [-0.39, 0.29) is 5.56 Å². The molecule has 2 aliphatic heterocycles. The molecule has 1 aromatic rings. The summed E-state index contributed by atoms with van der Waals surface area (Å²) in [5.41, 5.74) is 0.871. The van der Waals surface area contributed by atoms with Crippen LogP contribution in [-0.2, 0) is 13.1 Å². The highest BCUT2D eigenvalue weighted by Crippen LogP contribution is 2.34. The van der Waals surface area contributed by atoms with E-state index in [9.17, 15) is 4.79 Å². The van der Waals surface area contributed by atoms with Crippen molar-refractivity contribution in [2.75, 3.05) is 17.3 Å². The van der Waals surface area contributed by atoms with E-state index in [2.05, 4.69) is 30.8 Å². The number of rotatable bonds is 2. The third-order valence-electron chi connectivity index (χ3n) is 5.14. The second-order valence-electron chi connectivity index (χ2n) is 6.55. The van der Waals surface area contributed by atoms with Gasteiger partial charge in [0.2, 0.25) is 0 Å². The van der Waals surface area contributed by atoms with Crippen molar-refractivity contribution >= 4 is 33.5 Å². The van der Waals surface area contributed by atoms with Gasteiger partial charge in [0.05, 0.1) is 6.04 Å². The number of hydrogen-bond acceptors (Lipinski definition) is 4. The van der Waals surface area contributed by atoms with E-state index in [0.717, 1.165) is 41.6 Å². The van der Waals surface area contributed by atoms with Crippen LogP contribution >= 0.6 is 27.7 Å². The first kappa shape index (κ1) is 15.0. The number of hydrogen-bond donors (Lipinski definition) is 2. The van der Waals surface area contributed by atoms with Crippen molar-refractivity contribution in [3.8, 4) is 0 Å². The molecular formula is C15H22BrN4OS+. The first-order chi connectivity index (χ1) is 10.8. The molecule has 2 atom stereocenters. The van der Waals surface area contributed by atoms with Crippen LogP contribution in [0.1, 0.15) is 37.7 Å². The number of anilines is 1. The number of fused-ring (bicyclic) bond motifs is 3. The summed E-state index contributed by atoms with van der Waals surface area (Å²) in [5.74, 6) is 1.03. The Hall–Kier alpha value is -0.530. The minimum Gasteiger partial charge on any atom is -0.324 e. The highest BCUT2D eigenvalue weighted by atomic mass is 79.9. The van der Waals surface area contributed by atoms with Crippen LogP contribution in [0, 0.1) is 0 Å². The van der Waals surface area contributed by atoms with Gasteiger partial charge in [0, 0.05) is 17.1 Å². The van der Waals surface area contributed by atoms with Crippen molar-refractivity contribution in [3.05, 3.63) is 15.9 Å². The number of aromatic nitrogens is 2. The highest BCUT2D eigenvalue weighted by Gasteiger charge is 2.34. The number of alkyl halides is 1. The number of quaternary nitrogens is 1. The van der Waals surface area contributed by atoms with Crippen molar-refractivity contribution in [2.24, 2.45) is 0 Å². The summed E-state index contributed by atoms with van der Waals surface area (Å²) in [6, 6.07) is 0.705. The standard InChI is InChI=1S/C15H21BrN4OS/c16-6-11-7-20-13-12(14(21)18-15(20)22-11)8-19(9-17-13)10-4-2-1-3-5-10/h10-11,17H,1-9H2/p+1/t11-/m0/s1. The smallest absolute Gasteiger partial charge is 0.284 e. The fourth-order valence-electron chi connectivity index (χ4n) is 3.95. The molecule has 0 aromatic carbocycles. The molecule has 7 heteroatoms. The summed E-state index contributed by atoms with van der Waals surface area (Å²) in [7, 11) is 0. The molecule has 2 N–H and O–H groups in total. The van der Waals surface area contributed by atoms with Crippen molar-refractivity contribution in [1.29, 1.82) is 0 Å². The van der Waals surface area contributed by atoms with Crippen molar-refractivity contribution in [3.63, 3.8) is 0 Å².